The number of hydrogen-bond acceptors (Lipinski definition) is 3. The third-order valence-electron chi connectivity index (χ3n) is 2.94. The molecule has 0 spiro atoms. The van der Waals surface area contributed by atoms with Crippen LogP contribution in [-0.2, 0) is 4.79 Å². The SMILES string of the molecule is CN(CCC(=O)O)C(=O)NCCCCOc1ccc(Cl)cc1. The molecule has 1 aromatic rings. The number of hydrogen-bond donors (Lipinski definition) is 2. The van der Waals surface area contributed by atoms with E-state index in [1.54, 1.807) is 19.2 Å². The Kier molecular flexibility index (Phi) is 8.14. The van der Waals surface area contributed by atoms with Gasteiger partial charge in [0.05, 0.1) is 13.0 Å². The van der Waals surface area contributed by atoms with Crippen molar-refractivity contribution < 1.29 is 19.4 Å². The molecule has 2 N–H and O–H groups in total. The average molecular weight is 329 g/mol. The molecule has 2 amide bonds. The van der Waals surface area contributed by atoms with Gasteiger partial charge in [0.25, 0.3) is 0 Å². The summed E-state index contributed by atoms with van der Waals surface area (Å²) < 4.78 is 5.53. The van der Waals surface area contributed by atoms with Crippen LogP contribution in [0.2, 0.25) is 5.02 Å². The smallest absolute Gasteiger partial charge is 0.317 e. The van der Waals surface area contributed by atoms with Gasteiger partial charge in [-0.25, -0.2) is 4.79 Å². The third kappa shape index (κ3) is 7.73. The van der Waals surface area contributed by atoms with Crippen LogP contribution < -0.4 is 10.1 Å². The van der Waals surface area contributed by atoms with E-state index in [4.69, 9.17) is 21.4 Å². The highest BCUT2D eigenvalue weighted by Crippen LogP contribution is 2.15. The van der Waals surface area contributed by atoms with Gasteiger partial charge < -0.3 is 20.1 Å². The number of amides is 2. The monoisotopic (exact) mass is 328 g/mol. The van der Waals surface area contributed by atoms with Crippen LogP contribution in [0.3, 0.4) is 0 Å². The standard InChI is InChI=1S/C15H21ClN2O4/c1-18(10-8-14(19)20)15(21)17-9-2-3-11-22-13-6-4-12(16)5-7-13/h4-7H,2-3,8-11H2,1H3,(H,17,21)(H,19,20). The van der Waals surface area contributed by atoms with Crippen LogP contribution in [0, 0.1) is 0 Å². The zero-order valence-corrected chi connectivity index (χ0v) is 13.3. The summed E-state index contributed by atoms with van der Waals surface area (Å²) in [7, 11) is 1.57. The Balaban J connectivity index is 2.06. The molecule has 22 heavy (non-hydrogen) atoms. The van der Waals surface area contributed by atoms with Crippen molar-refractivity contribution in [1.29, 1.82) is 0 Å². The molecule has 0 aliphatic carbocycles. The van der Waals surface area contributed by atoms with E-state index >= 15 is 0 Å². The third-order valence-corrected chi connectivity index (χ3v) is 3.19. The molecule has 0 fully saturated rings. The fraction of sp³-hybridized carbons (Fsp3) is 0.467. The second-order valence-corrected chi connectivity index (χ2v) is 5.24. The van der Waals surface area contributed by atoms with E-state index in [-0.39, 0.29) is 19.0 Å². The Morgan fingerprint density at radius 2 is 1.95 bits per heavy atom. The number of halogens is 1. The van der Waals surface area contributed by atoms with Crippen molar-refractivity contribution in [1.82, 2.24) is 10.2 Å². The first-order valence-corrected chi connectivity index (χ1v) is 7.46. The lowest BCUT2D eigenvalue weighted by Gasteiger charge is -2.16. The highest BCUT2D eigenvalue weighted by Gasteiger charge is 2.08. The summed E-state index contributed by atoms with van der Waals surface area (Å²) in [4.78, 5) is 23.4. The molecule has 0 saturated heterocycles. The molecule has 0 unspecified atom stereocenters. The number of urea groups is 1. The lowest BCUT2D eigenvalue weighted by Crippen LogP contribution is -2.38. The number of carbonyl (C=O) groups excluding carboxylic acids is 1. The normalized spacial score (nSPS) is 10.1. The van der Waals surface area contributed by atoms with Crippen molar-refractivity contribution in [3.63, 3.8) is 0 Å². The minimum absolute atomic E-state index is 0.0567. The van der Waals surface area contributed by atoms with Gasteiger partial charge in [0.15, 0.2) is 0 Å². The van der Waals surface area contributed by atoms with E-state index < -0.39 is 5.97 Å². The number of aliphatic carboxylic acids is 1. The summed E-state index contributed by atoms with van der Waals surface area (Å²) in [6.07, 6.45) is 1.53. The van der Waals surface area contributed by atoms with Gasteiger partial charge in [-0.3, -0.25) is 4.79 Å². The molecule has 0 saturated carbocycles. The van der Waals surface area contributed by atoms with Gasteiger partial charge in [0.1, 0.15) is 5.75 Å². The van der Waals surface area contributed by atoms with Gasteiger partial charge in [-0.05, 0) is 37.1 Å². The molecule has 0 bridgehead atoms. The van der Waals surface area contributed by atoms with E-state index in [0.29, 0.717) is 18.2 Å². The Bertz CT molecular complexity index is 479. The van der Waals surface area contributed by atoms with E-state index in [1.807, 2.05) is 12.1 Å². The minimum Gasteiger partial charge on any atom is -0.494 e. The van der Waals surface area contributed by atoms with Crippen molar-refractivity contribution in [3.05, 3.63) is 29.3 Å². The Morgan fingerprint density at radius 1 is 1.27 bits per heavy atom. The van der Waals surface area contributed by atoms with Crippen molar-refractivity contribution in [3.8, 4) is 5.75 Å². The van der Waals surface area contributed by atoms with Gasteiger partial charge in [-0.15, -0.1) is 0 Å². The zero-order valence-electron chi connectivity index (χ0n) is 12.5. The van der Waals surface area contributed by atoms with Crippen molar-refractivity contribution in [2.24, 2.45) is 0 Å². The molecule has 1 rings (SSSR count). The molecular weight excluding hydrogens is 308 g/mol. The molecule has 0 aliphatic rings. The van der Waals surface area contributed by atoms with Crippen LogP contribution in [0.5, 0.6) is 5.75 Å². The lowest BCUT2D eigenvalue weighted by atomic mass is 10.3. The van der Waals surface area contributed by atoms with E-state index in [1.165, 1.54) is 4.90 Å². The van der Waals surface area contributed by atoms with E-state index in [9.17, 15) is 9.59 Å². The molecule has 6 nitrogen and oxygen atoms in total. The van der Waals surface area contributed by atoms with Crippen molar-refractivity contribution in [2.45, 2.75) is 19.3 Å². The fourth-order valence-corrected chi connectivity index (χ4v) is 1.77. The summed E-state index contributed by atoms with van der Waals surface area (Å²) in [5, 5.41) is 11.9. The molecule has 0 atom stereocenters. The maximum absolute atomic E-state index is 11.6. The molecular formula is C15H21ClN2O4. The average Bonchev–Trinajstić information content (AvgIpc) is 2.49. The Morgan fingerprint density at radius 3 is 2.59 bits per heavy atom. The van der Waals surface area contributed by atoms with E-state index in [0.717, 1.165) is 18.6 Å². The number of benzene rings is 1. The van der Waals surface area contributed by atoms with Gasteiger partial charge in [0.2, 0.25) is 0 Å². The predicted octanol–water partition coefficient (Wildman–Crippen LogP) is 2.62. The topological polar surface area (TPSA) is 78.9 Å². The summed E-state index contributed by atoms with van der Waals surface area (Å²) in [5.41, 5.74) is 0. The summed E-state index contributed by atoms with van der Waals surface area (Å²) in [6, 6.07) is 6.89. The highest BCUT2D eigenvalue weighted by molar-refractivity contribution is 6.30. The van der Waals surface area contributed by atoms with Crippen LogP contribution in [-0.4, -0.2) is 48.8 Å². The molecule has 0 aliphatic heterocycles. The number of carboxylic acids is 1. The van der Waals surface area contributed by atoms with Crippen molar-refractivity contribution >= 4 is 23.6 Å². The highest BCUT2D eigenvalue weighted by atomic mass is 35.5. The van der Waals surface area contributed by atoms with Crippen LogP contribution >= 0.6 is 11.6 Å². The lowest BCUT2D eigenvalue weighted by molar-refractivity contribution is -0.137. The van der Waals surface area contributed by atoms with Crippen LogP contribution in [0.4, 0.5) is 4.79 Å². The molecule has 0 radical (unpaired) electrons. The molecule has 0 heterocycles. The quantitative estimate of drug-likeness (QED) is 0.683. The first-order valence-electron chi connectivity index (χ1n) is 7.08. The first-order chi connectivity index (χ1) is 10.5. The summed E-state index contributed by atoms with van der Waals surface area (Å²) >= 11 is 5.78. The maximum Gasteiger partial charge on any atom is 0.317 e. The number of nitrogens with one attached hydrogen (secondary N) is 1. The Labute approximate surface area is 135 Å². The van der Waals surface area contributed by atoms with Gasteiger partial charge >= 0.3 is 12.0 Å². The summed E-state index contributed by atoms with van der Waals surface area (Å²) in [6.45, 7) is 1.29. The predicted molar refractivity (Wildman–Crippen MR) is 84.5 cm³/mol. The van der Waals surface area contributed by atoms with Crippen LogP contribution in [0.1, 0.15) is 19.3 Å². The largest absolute Gasteiger partial charge is 0.494 e. The van der Waals surface area contributed by atoms with Gasteiger partial charge in [-0.2, -0.15) is 0 Å². The second-order valence-electron chi connectivity index (χ2n) is 4.81. The maximum atomic E-state index is 11.6. The van der Waals surface area contributed by atoms with Gasteiger partial charge in [0, 0.05) is 25.2 Å². The number of unbranched alkanes of at least 4 members (excludes halogenated alkanes) is 1. The van der Waals surface area contributed by atoms with Gasteiger partial charge in [-0.1, -0.05) is 11.6 Å². The fourth-order valence-electron chi connectivity index (χ4n) is 1.64. The minimum atomic E-state index is -0.918. The molecule has 0 aromatic heterocycles. The van der Waals surface area contributed by atoms with Crippen molar-refractivity contribution in [2.75, 3.05) is 26.7 Å². The number of carboxylic acid groups (broad SMARTS) is 1. The van der Waals surface area contributed by atoms with E-state index in [2.05, 4.69) is 5.32 Å². The number of ether oxygens (including phenoxy) is 1. The second kappa shape index (κ2) is 9.89. The summed E-state index contributed by atoms with van der Waals surface area (Å²) in [5.74, 6) is -0.152. The number of nitrogens with zero attached hydrogens (tertiary/aromatic N) is 1. The van der Waals surface area contributed by atoms with Crippen LogP contribution in [0.25, 0.3) is 0 Å². The van der Waals surface area contributed by atoms with Crippen LogP contribution in [0.15, 0.2) is 24.3 Å². The molecule has 1 aromatic carbocycles. The zero-order chi connectivity index (χ0) is 16.4. The molecule has 122 valence electrons. The Hall–Kier alpha value is -1.95. The first kappa shape index (κ1) is 18.1. The number of carbonyl (C=O) groups is 2. The number of rotatable bonds is 9. The molecule has 7 heteroatoms.